The predicted molar refractivity (Wildman–Crippen MR) is 73.1 cm³/mol. The Morgan fingerprint density at radius 2 is 2.00 bits per heavy atom. The lowest BCUT2D eigenvalue weighted by Gasteiger charge is -2.32. The van der Waals surface area contributed by atoms with Crippen molar-refractivity contribution >= 4 is 17.8 Å². The summed E-state index contributed by atoms with van der Waals surface area (Å²) in [5.41, 5.74) is 0. The number of aliphatic hydroxyl groups is 1. The van der Waals surface area contributed by atoms with Gasteiger partial charge in [0.25, 0.3) is 0 Å². The summed E-state index contributed by atoms with van der Waals surface area (Å²) >= 11 is 0. The SMILES string of the molecule is COC(=O)C(O)CNC(=O)C1CCCN(C(=O)C2CC2)C1. The topological polar surface area (TPSA) is 95.9 Å². The highest BCUT2D eigenvalue weighted by atomic mass is 16.5. The second kappa shape index (κ2) is 6.89. The zero-order valence-corrected chi connectivity index (χ0v) is 12.2. The highest BCUT2D eigenvalue weighted by Gasteiger charge is 2.36. The third kappa shape index (κ3) is 4.17. The molecule has 0 aromatic heterocycles. The molecule has 2 N–H and O–H groups in total. The van der Waals surface area contributed by atoms with E-state index in [1.807, 2.05) is 0 Å². The quantitative estimate of drug-likeness (QED) is 0.653. The van der Waals surface area contributed by atoms with Gasteiger partial charge >= 0.3 is 5.97 Å². The number of hydrogen-bond acceptors (Lipinski definition) is 5. The smallest absolute Gasteiger partial charge is 0.336 e. The summed E-state index contributed by atoms with van der Waals surface area (Å²) < 4.78 is 4.38. The van der Waals surface area contributed by atoms with Crippen molar-refractivity contribution in [3.63, 3.8) is 0 Å². The van der Waals surface area contributed by atoms with E-state index in [2.05, 4.69) is 10.1 Å². The molecule has 0 radical (unpaired) electrons. The Morgan fingerprint density at radius 1 is 1.29 bits per heavy atom. The molecule has 1 aliphatic carbocycles. The second-order valence-corrected chi connectivity index (χ2v) is 5.68. The molecule has 1 saturated carbocycles. The molecule has 2 rings (SSSR count). The average molecular weight is 298 g/mol. The number of aliphatic hydroxyl groups excluding tert-OH is 1. The van der Waals surface area contributed by atoms with E-state index in [4.69, 9.17) is 0 Å². The Morgan fingerprint density at radius 3 is 2.62 bits per heavy atom. The summed E-state index contributed by atoms with van der Waals surface area (Å²) in [5, 5.41) is 12.0. The van der Waals surface area contributed by atoms with Crippen LogP contribution in [-0.4, -0.2) is 60.6 Å². The Kier molecular flexibility index (Phi) is 5.17. The van der Waals surface area contributed by atoms with Crippen molar-refractivity contribution in [1.82, 2.24) is 10.2 Å². The molecular weight excluding hydrogens is 276 g/mol. The Bertz CT molecular complexity index is 422. The maximum Gasteiger partial charge on any atom is 0.336 e. The second-order valence-electron chi connectivity index (χ2n) is 5.68. The van der Waals surface area contributed by atoms with Gasteiger partial charge in [0.1, 0.15) is 0 Å². The van der Waals surface area contributed by atoms with Gasteiger partial charge in [0.2, 0.25) is 11.8 Å². The van der Waals surface area contributed by atoms with E-state index in [-0.39, 0.29) is 30.2 Å². The molecule has 7 nitrogen and oxygen atoms in total. The van der Waals surface area contributed by atoms with E-state index in [9.17, 15) is 19.5 Å². The largest absolute Gasteiger partial charge is 0.467 e. The first-order valence-corrected chi connectivity index (χ1v) is 7.35. The van der Waals surface area contributed by atoms with Crippen LogP contribution < -0.4 is 5.32 Å². The molecule has 1 aliphatic heterocycles. The van der Waals surface area contributed by atoms with Gasteiger partial charge in [0, 0.05) is 19.0 Å². The maximum atomic E-state index is 12.1. The van der Waals surface area contributed by atoms with Gasteiger partial charge in [0.05, 0.1) is 19.6 Å². The van der Waals surface area contributed by atoms with Gasteiger partial charge in [-0.05, 0) is 25.7 Å². The number of ether oxygens (including phenoxy) is 1. The van der Waals surface area contributed by atoms with Crippen LogP contribution in [0.15, 0.2) is 0 Å². The molecule has 2 unspecified atom stereocenters. The van der Waals surface area contributed by atoms with E-state index in [1.54, 1.807) is 4.90 Å². The van der Waals surface area contributed by atoms with Crippen LogP contribution >= 0.6 is 0 Å². The van der Waals surface area contributed by atoms with E-state index >= 15 is 0 Å². The van der Waals surface area contributed by atoms with Crippen LogP contribution in [-0.2, 0) is 19.1 Å². The molecule has 21 heavy (non-hydrogen) atoms. The normalized spacial score (nSPS) is 23.3. The number of carbonyl (C=O) groups excluding carboxylic acids is 3. The van der Waals surface area contributed by atoms with E-state index in [0.29, 0.717) is 19.5 Å². The summed E-state index contributed by atoms with van der Waals surface area (Å²) in [5.74, 6) is -0.961. The molecule has 2 amide bonds. The fourth-order valence-electron chi connectivity index (χ4n) is 2.54. The van der Waals surface area contributed by atoms with Crippen molar-refractivity contribution in [2.75, 3.05) is 26.7 Å². The summed E-state index contributed by atoms with van der Waals surface area (Å²) in [6, 6.07) is 0. The van der Waals surface area contributed by atoms with Crippen molar-refractivity contribution in [2.24, 2.45) is 11.8 Å². The van der Waals surface area contributed by atoms with E-state index in [0.717, 1.165) is 19.3 Å². The van der Waals surface area contributed by atoms with Crippen molar-refractivity contribution < 1.29 is 24.2 Å². The Balaban J connectivity index is 1.78. The summed E-state index contributed by atoms with van der Waals surface area (Å²) in [6.45, 7) is 0.970. The lowest BCUT2D eigenvalue weighted by molar-refractivity contribution is -0.150. The molecule has 0 aromatic carbocycles. The number of methoxy groups -OCH3 is 1. The molecule has 0 aromatic rings. The van der Waals surface area contributed by atoms with Gasteiger partial charge in [-0.15, -0.1) is 0 Å². The van der Waals surface area contributed by atoms with Crippen molar-refractivity contribution in [3.8, 4) is 0 Å². The Hall–Kier alpha value is -1.63. The molecule has 2 atom stereocenters. The van der Waals surface area contributed by atoms with Crippen LogP contribution in [0.4, 0.5) is 0 Å². The van der Waals surface area contributed by atoms with Crippen LogP contribution in [0.25, 0.3) is 0 Å². The maximum absolute atomic E-state index is 12.1. The number of likely N-dealkylation sites (tertiary alicyclic amines) is 1. The highest BCUT2D eigenvalue weighted by Crippen LogP contribution is 2.32. The summed E-state index contributed by atoms with van der Waals surface area (Å²) in [4.78, 5) is 36.9. The number of piperidine rings is 1. The van der Waals surface area contributed by atoms with Crippen LogP contribution in [0.5, 0.6) is 0 Å². The summed E-state index contributed by atoms with van der Waals surface area (Å²) in [6.07, 6.45) is 2.08. The molecule has 7 heteroatoms. The molecule has 2 aliphatic rings. The molecule has 2 fully saturated rings. The first-order chi connectivity index (χ1) is 10.0. The number of esters is 1. The molecule has 1 saturated heterocycles. The molecule has 118 valence electrons. The molecule has 1 heterocycles. The van der Waals surface area contributed by atoms with Gasteiger partial charge in [-0.25, -0.2) is 4.79 Å². The standard InChI is InChI=1S/C14H22N2O5/c1-21-14(20)11(17)7-15-12(18)10-3-2-6-16(8-10)13(19)9-4-5-9/h9-11,17H,2-8H2,1H3,(H,15,18). The number of amides is 2. The van der Waals surface area contributed by atoms with Gasteiger partial charge in [-0.3, -0.25) is 9.59 Å². The monoisotopic (exact) mass is 298 g/mol. The van der Waals surface area contributed by atoms with Gasteiger partial charge in [-0.1, -0.05) is 0 Å². The molecular formula is C14H22N2O5. The lowest BCUT2D eigenvalue weighted by Crippen LogP contribution is -2.47. The first-order valence-electron chi connectivity index (χ1n) is 7.35. The number of nitrogens with one attached hydrogen (secondary N) is 1. The minimum atomic E-state index is -1.35. The fraction of sp³-hybridized carbons (Fsp3) is 0.786. The number of nitrogens with zero attached hydrogens (tertiary/aromatic N) is 1. The van der Waals surface area contributed by atoms with Crippen LogP contribution in [0.1, 0.15) is 25.7 Å². The molecule has 0 spiro atoms. The van der Waals surface area contributed by atoms with E-state index < -0.39 is 12.1 Å². The van der Waals surface area contributed by atoms with Crippen molar-refractivity contribution in [3.05, 3.63) is 0 Å². The first kappa shape index (κ1) is 15.8. The van der Waals surface area contributed by atoms with Crippen LogP contribution in [0.3, 0.4) is 0 Å². The third-order valence-electron chi connectivity index (χ3n) is 3.97. The highest BCUT2D eigenvalue weighted by molar-refractivity contribution is 5.84. The van der Waals surface area contributed by atoms with Gasteiger partial charge < -0.3 is 20.1 Å². The van der Waals surface area contributed by atoms with Crippen molar-refractivity contribution in [2.45, 2.75) is 31.8 Å². The predicted octanol–water partition coefficient (Wildman–Crippen LogP) is -0.715. The minimum absolute atomic E-state index is 0.155. The number of hydrogen-bond donors (Lipinski definition) is 2. The minimum Gasteiger partial charge on any atom is -0.467 e. The average Bonchev–Trinajstić information content (AvgIpc) is 3.35. The Labute approximate surface area is 123 Å². The van der Waals surface area contributed by atoms with Crippen LogP contribution in [0, 0.1) is 11.8 Å². The zero-order valence-electron chi connectivity index (χ0n) is 12.2. The lowest BCUT2D eigenvalue weighted by atomic mass is 9.96. The van der Waals surface area contributed by atoms with Gasteiger partial charge in [-0.2, -0.15) is 0 Å². The number of carbonyl (C=O) groups is 3. The fourth-order valence-corrected chi connectivity index (χ4v) is 2.54. The van der Waals surface area contributed by atoms with Crippen molar-refractivity contribution in [1.29, 1.82) is 0 Å². The zero-order chi connectivity index (χ0) is 15.4. The van der Waals surface area contributed by atoms with Gasteiger partial charge in [0.15, 0.2) is 6.10 Å². The molecule has 0 bridgehead atoms. The summed E-state index contributed by atoms with van der Waals surface area (Å²) in [7, 11) is 1.18. The van der Waals surface area contributed by atoms with E-state index in [1.165, 1.54) is 7.11 Å². The van der Waals surface area contributed by atoms with Crippen LogP contribution in [0.2, 0.25) is 0 Å². The number of rotatable bonds is 5. The third-order valence-corrected chi connectivity index (χ3v) is 3.97.